The van der Waals surface area contributed by atoms with Gasteiger partial charge in [-0.1, -0.05) is 12.1 Å². The van der Waals surface area contributed by atoms with E-state index in [2.05, 4.69) is 0 Å². The lowest BCUT2D eigenvalue weighted by Crippen LogP contribution is -2.35. The lowest BCUT2D eigenvalue weighted by Gasteiger charge is -2.20. The van der Waals surface area contributed by atoms with Crippen molar-refractivity contribution in [1.29, 1.82) is 0 Å². The maximum atomic E-state index is 13.4. The molecule has 1 aromatic heterocycles. The highest BCUT2D eigenvalue weighted by atomic mass is 19.1. The van der Waals surface area contributed by atoms with Crippen LogP contribution in [0.15, 0.2) is 40.1 Å². The summed E-state index contributed by atoms with van der Waals surface area (Å²) >= 11 is 0. The summed E-state index contributed by atoms with van der Waals surface area (Å²) in [5.41, 5.74) is -1.38. The number of rotatable bonds is 6. The Labute approximate surface area is 124 Å². The van der Waals surface area contributed by atoms with Crippen LogP contribution in [0.2, 0.25) is 0 Å². The molecule has 2 aromatic rings. The number of nitrogens with zero attached hydrogens (tertiary/aromatic N) is 1. The largest absolute Gasteiger partial charge is 0.497 e. The summed E-state index contributed by atoms with van der Waals surface area (Å²) in [6, 6.07) is 6.57. The van der Waals surface area contributed by atoms with Gasteiger partial charge in [0.2, 0.25) is 5.82 Å². The number of methoxy groups -OCH3 is 1. The van der Waals surface area contributed by atoms with E-state index in [0.29, 0.717) is 11.3 Å². The maximum absolute atomic E-state index is 13.4. The van der Waals surface area contributed by atoms with E-state index in [9.17, 15) is 14.0 Å². The predicted molar refractivity (Wildman–Crippen MR) is 75.5 cm³/mol. The Bertz CT molecular complexity index is 738. The number of halogens is 1. The second kappa shape index (κ2) is 7.01. The fraction of sp³-hybridized carbons (Fsp3) is 0.286. The van der Waals surface area contributed by atoms with E-state index in [1.165, 1.54) is 7.11 Å². The van der Waals surface area contributed by atoms with E-state index in [1.54, 1.807) is 24.3 Å². The minimum absolute atomic E-state index is 0.0656. The molecule has 0 aliphatic rings. The van der Waals surface area contributed by atoms with E-state index in [-0.39, 0.29) is 13.2 Å². The van der Waals surface area contributed by atoms with Gasteiger partial charge >= 0.3 is 5.69 Å². The molecule has 0 aliphatic carbocycles. The van der Waals surface area contributed by atoms with Gasteiger partial charge in [-0.05, 0) is 12.1 Å². The molecule has 0 amide bonds. The third-order valence-corrected chi connectivity index (χ3v) is 2.94. The van der Waals surface area contributed by atoms with Crippen molar-refractivity contribution in [2.45, 2.75) is 6.23 Å². The number of aliphatic hydroxyl groups is 1. The minimum Gasteiger partial charge on any atom is -0.497 e. The molecule has 0 bridgehead atoms. The van der Waals surface area contributed by atoms with Gasteiger partial charge in [-0.2, -0.15) is 4.39 Å². The molecule has 0 saturated heterocycles. The van der Waals surface area contributed by atoms with Crippen molar-refractivity contribution in [2.24, 2.45) is 0 Å². The van der Waals surface area contributed by atoms with Gasteiger partial charge in [0.1, 0.15) is 5.75 Å². The van der Waals surface area contributed by atoms with E-state index < -0.39 is 23.3 Å². The highest BCUT2D eigenvalue weighted by Crippen LogP contribution is 2.21. The topological polar surface area (TPSA) is 93.5 Å². The molecule has 118 valence electrons. The number of aromatic amines is 1. The first-order chi connectivity index (χ1) is 10.6. The number of ether oxygens (including phenoxy) is 2. The number of hydrogen-bond donors (Lipinski definition) is 2. The summed E-state index contributed by atoms with van der Waals surface area (Å²) in [4.78, 5) is 24.8. The molecule has 2 rings (SSSR count). The predicted octanol–water partition coefficient (Wildman–Crippen LogP) is 0.240. The van der Waals surface area contributed by atoms with E-state index in [0.717, 1.165) is 10.8 Å². The number of hydrogen-bond acceptors (Lipinski definition) is 5. The minimum atomic E-state index is -1.11. The van der Waals surface area contributed by atoms with Crippen LogP contribution in [0.1, 0.15) is 11.8 Å². The number of benzene rings is 1. The Morgan fingerprint density at radius 3 is 2.59 bits per heavy atom. The third kappa shape index (κ3) is 3.41. The zero-order valence-corrected chi connectivity index (χ0v) is 11.8. The van der Waals surface area contributed by atoms with Gasteiger partial charge in [0, 0.05) is 5.56 Å². The highest BCUT2D eigenvalue weighted by Gasteiger charge is 2.17. The molecule has 2 N–H and O–H groups in total. The second-order valence-corrected chi connectivity index (χ2v) is 4.36. The number of aromatic nitrogens is 2. The van der Waals surface area contributed by atoms with Crippen LogP contribution in [0.3, 0.4) is 0 Å². The van der Waals surface area contributed by atoms with Crippen LogP contribution in [-0.2, 0) is 4.74 Å². The first-order valence-corrected chi connectivity index (χ1v) is 6.44. The fourth-order valence-electron chi connectivity index (χ4n) is 1.90. The molecule has 1 unspecified atom stereocenters. The second-order valence-electron chi connectivity index (χ2n) is 4.36. The first-order valence-electron chi connectivity index (χ1n) is 6.44. The molecule has 7 nitrogen and oxygen atoms in total. The van der Waals surface area contributed by atoms with E-state index >= 15 is 0 Å². The average Bonchev–Trinajstić information content (AvgIpc) is 2.53. The Balaban J connectivity index is 2.47. The molecule has 0 aliphatic heterocycles. The molecular weight excluding hydrogens is 295 g/mol. The Hall–Kier alpha value is -2.45. The van der Waals surface area contributed by atoms with Crippen LogP contribution in [0.5, 0.6) is 5.75 Å². The standard InChI is InChI=1S/C14H15FN2O5/c1-21-10-4-2-9(3-5-10)13(22-7-6-18)17-8-11(15)12(19)16-14(17)20/h2-5,8,13,18H,6-7H2,1H3,(H,16,19,20). The van der Waals surface area contributed by atoms with Crippen LogP contribution in [0.25, 0.3) is 0 Å². The van der Waals surface area contributed by atoms with Gasteiger partial charge in [-0.25, -0.2) is 4.79 Å². The molecule has 0 fully saturated rings. The van der Waals surface area contributed by atoms with Crippen LogP contribution >= 0.6 is 0 Å². The molecule has 0 spiro atoms. The van der Waals surface area contributed by atoms with Gasteiger partial charge in [0.05, 0.1) is 26.5 Å². The van der Waals surface area contributed by atoms with Crippen LogP contribution in [0, 0.1) is 5.82 Å². The van der Waals surface area contributed by atoms with E-state index in [1.807, 2.05) is 4.98 Å². The monoisotopic (exact) mass is 310 g/mol. The molecular formula is C14H15FN2O5. The summed E-state index contributed by atoms with van der Waals surface area (Å²) < 4.78 is 24.8. The zero-order chi connectivity index (χ0) is 16.1. The molecule has 0 saturated carbocycles. The fourth-order valence-corrected chi connectivity index (χ4v) is 1.90. The van der Waals surface area contributed by atoms with Crippen molar-refractivity contribution in [3.8, 4) is 5.75 Å². The zero-order valence-electron chi connectivity index (χ0n) is 11.8. The summed E-state index contributed by atoms with van der Waals surface area (Å²) in [5, 5.41) is 8.89. The lowest BCUT2D eigenvalue weighted by atomic mass is 10.2. The van der Waals surface area contributed by atoms with Gasteiger partial charge in [0.25, 0.3) is 5.56 Å². The van der Waals surface area contributed by atoms with Gasteiger partial charge < -0.3 is 14.6 Å². The van der Waals surface area contributed by atoms with Crippen LogP contribution in [-0.4, -0.2) is 35.0 Å². The van der Waals surface area contributed by atoms with Gasteiger partial charge in [-0.3, -0.25) is 14.3 Å². The normalized spacial score (nSPS) is 12.1. The molecule has 8 heteroatoms. The highest BCUT2D eigenvalue weighted by molar-refractivity contribution is 5.28. The molecule has 0 radical (unpaired) electrons. The SMILES string of the molecule is COc1ccc(C(OCCO)n2cc(F)c(=O)[nH]c2=O)cc1. The molecule has 1 heterocycles. The lowest BCUT2D eigenvalue weighted by molar-refractivity contribution is 0.00735. The van der Waals surface area contributed by atoms with Crippen molar-refractivity contribution in [1.82, 2.24) is 9.55 Å². The number of nitrogens with one attached hydrogen (secondary N) is 1. The van der Waals surface area contributed by atoms with Crippen molar-refractivity contribution in [2.75, 3.05) is 20.3 Å². The molecule has 1 aromatic carbocycles. The summed E-state index contributed by atoms with van der Waals surface area (Å²) in [5.74, 6) is -0.504. The first kappa shape index (κ1) is 15.9. The van der Waals surface area contributed by atoms with Crippen LogP contribution in [0.4, 0.5) is 4.39 Å². The summed E-state index contributed by atoms with van der Waals surface area (Å²) in [6.45, 7) is -0.336. The Morgan fingerprint density at radius 1 is 1.32 bits per heavy atom. The van der Waals surface area contributed by atoms with Gasteiger partial charge in [0.15, 0.2) is 6.23 Å². The van der Waals surface area contributed by atoms with E-state index in [4.69, 9.17) is 14.6 Å². The molecule has 1 atom stereocenters. The quantitative estimate of drug-likeness (QED) is 0.797. The summed E-state index contributed by atoms with van der Waals surface area (Å²) in [7, 11) is 1.51. The van der Waals surface area contributed by atoms with Crippen molar-refractivity contribution < 1.29 is 19.0 Å². The Kier molecular flexibility index (Phi) is 5.08. The van der Waals surface area contributed by atoms with Crippen molar-refractivity contribution in [3.05, 3.63) is 62.7 Å². The molecule has 22 heavy (non-hydrogen) atoms. The Morgan fingerprint density at radius 2 is 2.00 bits per heavy atom. The maximum Gasteiger partial charge on any atom is 0.330 e. The number of H-pyrrole nitrogens is 1. The average molecular weight is 310 g/mol. The van der Waals surface area contributed by atoms with Crippen molar-refractivity contribution >= 4 is 0 Å². The van der Waals surface area contributed by atoms with Crippen molar-refractivity contribution in [3.63, 3.8) is 0 Å². The third-order valence-electron chi connectivity index (χ3n) is 2.94. The smallest absolute Gasteiger partial charge is 0.330 e. The number of aliphatic hydroxyl groups excluding tert-OH is 1. The van der Waals surface area contributed by atoms with Gasteiger partial charge in [-0.15, -0.1) is 0 Å². The van der Waals surface area contributed by atoms with Crippen LogP contribution < -0.4 is 16.0 Å². The summed E-state index contributed by atoms with van der Waals surface area (Å²) in [6.07, 6.45) is -0.218.